The van der Waals surface area contributed by atoms with Gasteiger partial charge in [-0.25, -0.2) is 0 Å². The summed E-state index contributed by atoms with van der Waals surface area (Å²) in [7, 11) is 5.44. The number of aromatic nitrogens is 2. The number of nitrogens with zero attached hydrogens (tertiary/aromatic N) is 2. The summed E-state index contributed by atoms with van der Waals surface area (Å²) < 4.78 is 0. The summed E-state index contributed by atoms with van der Waals surface area (Å²) >= 11 is 0. The molecule has 1 N–H and O–H groups in total. The maximum atomic E-state index is 11.0. The Kier molecular flexibility index (Phi) is 1.33. The van der Waals surface area contributed by atoms with Crippen molar-refractivity contribution in [2.45, 2.75) is 6.92 Å². The van der Waals surface area contributed by atoms with Gasteiger partial charge in [-0.2, -0.15) is 0 Å². The second-order valence-electron chi connectivity index (χ2n) is 2.62. The molecule has 1 radical (unpaired) electrons. The number of anilines is 1. The van der Waals surface area contributed by atoms with Crippen molar-refractivity contribution in [3.8, 4) is 0 Å². The second-order valence-corrected chi connectivity index (χ2v) is 2.62. The van der Waals surface area contributed by atoms with Crippen LogP contribution in [0.1, 0.15) is 11.4 Å². The first kappa shape index (κ1) is 7.15. The summed E-state index contributed by atoms with van der Waals surface area (Å²) in [6, 6.07) is 1.74. The fraction of sp³-hybridized carbons (Fsp3) is 0.143. The normalized spacial score (nSPS) is 14.3. The molecule has 5 heteroatoms. The van der Waals surface area contributed by atoms with Crippen LogP contribution in [0.25, 0.3) is 0 Å². The standard InChI is InChI=1S/C7H5BN3O/c1-3-2-4-6(11-10-3)5(8)7(12)9-4/h2H,1H3,(H,9,12). The van der Waals surface area contributed by atoms with E-state index in [0.717, 1.165) is 5.69 Å². The number of aryl methyl sites for hydroxylation is 1. The van der Waals surface area contributed by atoms with Gasteiger partial charge < -0.3 is 0 Å². The van der Waals surface area contributed by atoms with Crippen LogP contribution in [0.2, 0.25) is 0 Å². The van der Waals surface area contributed by atoms with Gasteiger partial charge in [-0.1, -0.05) is 0 Å². The number of amides is 1. The Hall–Kier alpha value is -1.52. The van der Waals surface area contributed by atoms with Crippen LogP contribution in [0.4, 0.5) is 5.69 Å². The Morgan fingerprint density at radius 2 is 2.25 bits per heavy atom. The monoisotopic (exact) mass is 158 g/mol. The molecular formula is C7H5BN3O. The molecule has 4 nitrogen and oxygen atoms in total. The van der Waals surface area contributed by atoms with Crippen molar-refractivity contribution in [3.63, 3.8) is 0 Å². The van der Waals surface area contributed by atoms with E-state index in [2.05, 4.69) is 15.5 Å². The Morgan fingerprint density at radius 3 is 3.00 bits per heavy atom. The Labute approximate surface area is 70.1 Å². The molecule has 1 amide bonds. The molecule has 12 heavy (non-hydrogen) atoms. The summed E-state index contributed by atoms with van der Waals surface area (Å²) in [5.74, 6) is -0.301. The van der Waals surface area contributed by atoms with Crippen LogP contribution in [-0.2, 0) is 4.79 Å². The molecule has 0 fully saturated rings. The van der Waals surface area contributed by atoms with Gasteiger partial charge in [0, 0.05) is 0 Å². The molecule has 1 aromatic rings. The van der Waals surface area contributed by atoms with Crippen molar-refractivity contribution >= 4 is 24.5 Å². The molecule has 0 spiro atoms. The first-order valence-electron chi connectivity index (χ1n) is 3.47. The van der Waals surface area contributed by atoms with Crippen LogP contribution < -0.4 is 5.32 Å². The molecule has 2 heterocycles. The van der Waals surface area contributed by atoms with E-state index in [1.165, 1.54) is 0 Å². The molecule has 1 aliphatic rings. The van der Waals surface area contributed by atoms with E-state index in [0.29, 0.717) is 11.4 Å². The second kappa shape index (κ2) is 2.23. The van der Waals surface area contributed by atoms with Gasteiger partial charge in [-0.15, -0.1) is 0 Å². The Balaban J connectivity index is 2.62. The molecule has 0 bridgehead atoms. The number of carbonyl (C=O) groups excluding carboxylic acids is 1. The number of hydrogen-bond acceptors (Lipinski definition) is 3. The molecule has 0 saturated heterocycles. The quantitative estimate of drug-likeness (QED) is 0.514. The number of carbonyl (C=O) groups is 1. The van der Waals surface area contributed by atoms with Gasteiger partial charge >= 0.3 is 69.2 Å². The molecule has 0 aliphatic carbocycles. The number of fused-ring (bicyclic) bond motifs is 1. The van der Waals surface area contributed by atoms with E-state index in [1.807, 2.05) is 0 Å². The van der Waals surface area contributed by atoms with Gasteiger partial charge in [0.1, 0.15) is 0 Å². The predicted molar refractivity (Wildman–Crippen MR) is 45.3 cm³/mol. The van der Waals surface area contributed by atoms with E-state index in [1.54, 1.807) is 13.0 Å². The van der Waals surface area contributed by atoms with Gasteiger partial charge in [-0.05, 0) is 0 Å². The molecular weight excluding hydrogens is 153 g/mol. The van der Waals surface area contributed by atoms with E-state index in [9.17, 15) is 4.79 Å². The summed E-state index contributed by atoms with van der Waals surface area (Å²) in [4.78, 5) is 11.0. The number of rotatable bonds is 0. The van der Waals surface area contributed by atoms with E-state index in [4.69, 9.17) is 7.49 Å². The van der Waals surface area contributed by atoms with Gasteiger partial charge in [0.25, 0.3) is 0 Å². The SMILES string of the molecule is [B]=C1C(=O)Nc2cc(C)nnc21. The molecule has 1 aromatic heterocycles. The topological polar surface area (TPSA) is 54.9 Å². The zero-order chi connectivity index (χ0) is 8.72. The van der Waals surface area contributed by atoms with Crippen molar-refractivity contribution in [1.29, 1.82) is 0 Å². The predicted octanol–water partition coefficient (Wildman–Crippen LogP) is -0.574. The fourth-order valence-electron chi connectivity index (χ4n) is 1.08. The molecule has 1 aliphatic heterocycles. The van der Waals surface area contributed by atoms with Crippen molar-refractivity contribution in [2.24, 2.45) is 0 Å². The van der Waals surface area contributed by atoms with Crippen molar-refractivity contribution in [2.75, 3.05) is 5.32 Å². The Bertz CT molecular complexity index is 388. The van der Waals surface area contributed by atoms with Gasteiger partial charge in [0.15, 0.2) is 0 Å². The average molecular weight is 158 g/mol. The van der Waals surface area contributed by atoms with Crippen LogP contribution in [0.5, 0.6) is 0 Å². The third-order valence-corrected chi connectivity index (χ3v) is 1.66. The summed E-state index contributed by atoms with van der Waals surface area (Å²) in [5, 5.41) is 10.2. The van der Waals surface area contributed by atoms with E-state index < -0.39 is 0 Å². The summed E-state index contributed by atoms with van der Waals surface area (Å²) in [5.41, 5.74) is 1.98. The van der Waals surface area contributed by atoms with Crippen LogP contribution in [-0.4, -0.2) is 29.1 Å². The van der Waals surface area contributed by atoms with Gasteiger partial charge in [-0.3, -0.25) is 0 Å². The van der Waals surface area contributed by atoms with Crippen LogP contribution in [0.15, 0.2) is 6.07 Å². The van der Waals surface area contributed by atoms with Crippen LogP contribution >= 0.6 is 0 Å². The molecule has 0 unspecified atom stereocenters. The van der Waals surface area contributed by atoms with Crippen molar-refractivity contribution in [1.82, 2.24) is 10.2 Å². The third-order valence-electron chi connectivity index (χ3n) is 1.66. The number of hydrogen-bond donors (Lipinski definition) is 1. The number of nitrogens with one attached hydrogen (secondary N) is 1. The molecule has 57 valence electrons. The molecule has 0 aromatic carbocycles. The van der Waals surface area contributed by atoms with Crippen LogP contribution in [0.3, 0.4) is 0 Å². The van der Waals surface area contributed by atoms with Crippen molar-refractivity contribution in [3.05, 3.63) is 17.5 Å². The molecule has 0 saturated carbocycles. The first-order valence-corrected chi connectivity index (χ1v) is 3.47. The zero-order valence-corrected chi connectivity index (χ0v) is 6.46. The minimum atomic E-state index is -0.301. The zero-order valence-electron chi connectivity index (χ0n) is 6.46. The first-order chi connectivity index (χ1) is 5.68. The van der Waals surface area contributed by atoms with Crippen molar-refractivity contribution < 1.29 is 4.79 Å². The van der Waals surface area contributed by atoms with Gasteiger partial charge in [0.05, 0.1) is 0 Å². The Morgan fingerprint density at radius 1 is 1.50 bits per heavy atom. The molecule has 0 atom stereocenters. The average Bonchev–Trinajstić information content (AvgIpc) is 2.28. The fourth-order valence-corrected chi connectivity index (χ4v) is 1.08. The van der Waals surface area contributed by atoms with E-state index in [-0.39, 0.29) is 11.4 Å². The minimum absolute atomic E-state index is 0.137. The summed E-state index contributed by atoms with van der Waals surface area (Å²) in [6.07, 6.45) is 0. The summed E-state index contributed by atoms with van der Waals surface area (Å²) in [6.45, 7) is 1.80. The third kappa shape index (κ3) is 0.862. The van der Waals surface area contributed by atoms with Crippen LogP contribution in [0, 0.1) is 6.92 Å². The van der Waals surface area contributed by atoms with Gasteiger partial charge in [0.2, 0.25) is 0 Å². The molecule has 2 rings (SSSR count). The maximum absolute atomic E-state index is 11.0. The van der Waals surface area contributed by atoms with E-state index >= 15 is 0 Å².